The molecule has 2 rings (SSSR count). The fourth-order valence-electron chi connectivity index (χ4n) is 2.36. The van der Waals surface area contributed by atoms with Crippen molar-refractivity contribution in [1.82, 2.24) is 4.90 Å². The van der Waals surface area contributed by atoms with E-state index in [-0.39, 0.29) is 24.4 Å². The molecule has 0 bridgehead atoms. The van der Waals surface area contributed by atoms with Gasteiger partial charge in [-0.3, -0.25) is 4.79 Å². The van der Waals surface area contributed by atoms with Gasteiger partial charge >= 0.3 is 0 Å². The smallest absolute Gasteiger partial charge is 0.254 e. The molecule has 1 saturated heterocycles. The lowest BCUT2D eigenvalue weighted by atomic mass is 10.1. The molecular formula is C14H21ClN2O4. The molecule has 1 amide bonds. The summed E-state index contributed by atoms with van der Waals surface area (Å²) in [6.45, 7) is 1.26. The van der Waals surface area contributed by atoms with E-state index in [4.69, 9.17) is 19.9 Å². The van der Waals surface area contributed by atoms with Crippen molar-refractivity contribution in [2.75, 3.05) is 34.4 Å². The molecule has 1 atom stereocenters. The van der Waals surface area contributed by atoms with Crippen molar-refractivity contribution in [3.05, 3.63) is 17.7 Å². The Labute approximate surface area is 130 Å². The van der Waals surface area contributed by atoms with Gasteiger partial charge in [0, 0.05) is 24.7 Å². The maximum Gasteiger partial charge on any atom is 0.254 e. The second kappa shape index (κ2) is 7.38. The summed E-state index contributed by atoms with van der Waals surface area (Å²) < 4.78 is 15.7. The normalized spacial score (nSPS) is 17.1. The highest BCUT2D eigenvalue weighted by atomic mass is 35.5. The Morgan fingerprint density at radius 1 is 1.19 bits per heavy atom. The highest BCUT2D eigenvalue weighted by molar-refractivity contribution is 5.95. The number of likely N-dealkylation sites (tertiary alicyclic amines) is 1. The van der Waals surface area contributed by atoms with Gasteiger partial charge in [-0.2, -0.15) is 0 Å². The SMILES string of the molecule is COc1cc(C(=O)N2CC[C@@H](N)C2)cc(OC)c1OC.Cl. The van der Waals surface area contributed by atoms with Gasteiger partial charge in [-0.25, -0.2) is 0 Å². The first-order valence-corrected chi connectivity index (χ1v) is 6.45. The predicted octanol–water partition coefficient (Wildman–Crippen LogP) is 1.31. The predicted molar refractivity (Wildman–Crippen MR) is 81.8 cm³/mol. The minimum absolute atomic E-state index is 0. The Morgan fingerprint density at radius 3 is 2.14 bits per heavy atom. The first kappa shape index (κ1) is 17.4. The van der Waals surface area contributed by atoms with Crippen LogP contribution in [0, 0.1) is 0 Å². The molecule has 0 spiro atoms. The number of ether oxygens (including phenoxy) is 3. The molecule has 118 valence electrons. The molecular weight excluding hydrogens is 296 g/mol. The molecule has 1 aliphatic rings. The fraction of sp³-hybridized carbons (Fsp3) is 0.500. The lowest BCUT2D eigenvalue weighted by Crippen LogP contribution is -2.31. The molecule has 0 aromatic heterocycles. The molecule has 1 aromatic carbocycles. The summed E-state index contributed by atoms with van der Waals surface area (Å²) in [6.07, 6.45) is 0.830. The molecule has 0 aliphatic carbocycles. The van der Waals surface area contributed by atoms with Gasteiger partial charge in [-0.05, 0) is 18.6 Å². The van der Waals surface area contributed by atoms with Gasteiger partial charge in [0.15, 0.2) is 11.5 Å². The molecule has 2 N–H and O–H groups in total. The van der Waals surface area contributed by atoms with E-state index in [1.807, 2.05) is 0 Å². The standard InChI is InChI=1S/C14H20N2O4.ClH/c1-18-11-6-9(7-12(19-2)13(11)20-3)14(17)16-5-4-10(15)8-16;/h6-7,10H,4-5,8,15H2,1-3H3;1H/t10-;/m1./s1. The zero-order valence-electron chi connectivity index (χ0n) is 12.4. The van der Waals surface area contributed by atoms with Gasteiger partial charge in [0.25, 0.3) is 5.91 Å². The van der Waals surface area contributed by atoms with Gasteiger partial charge in [0.1, 0.15) is 0 Å². The Hall–Kier alpha value is -1.66. The molecule has 1 aromatic rings. The van der Waals surface area contributed by atoms with Crippen molar-refractivity contribution in [2.24, 2.45) is 5.73 Å². The second-order valence-electron chi connectivity index (χ2n) is 4.71. The number of methoxy groups -OCH3 is 3. The number of carbonyl (C=O) groups is 1. The molecule has 6 nitrogen and oxygen atoms in total. The summed E-state index contributed by atoms with van der Waals surface area (Å²) in [5.41, 5.74) is 6.34. The number of carbonyl (C=O) groups excluding carboxylic acids is 1. The zero-order valence-corrected chi connectivity index (χ0v) is 13.2. The van der Waals surface area contributed by atoms with Crippen LogP contribution in [0.25, 0.3) is 0 Å². The van der Waals surface area contributed by atoms with E-state index in [1.165, 1.54) is 21.3 Å². The summed E-state index contributed by atoms with van der Waals surface area (Å²) in [5, 5.41) is 0. The van der Waals surface area contributed by atoms with Crippen LogP contribution in [-0.4, -0.2) is 51.3 Å². The van der Waals surface area contributed by atoms with E-state index in [2.05, 4.69) is 0 Å². The topological polar surface area (TPSA) is 74.0 Å². The average molecular weight is 317 g/mol. The Balaban J connectivity index is 0.00000220. The molecule has 7 heteroatoms. The van der Waals surface area contributed by atoms with Gasteiger partial charge in [-0.15, -0.1) is 12.4 Å². The first-order valence-electron chi connectivity index (χ1n) is 6.45. The number of nitrogens with zero attached hydrogens (tertiary/aromatic N) is 1. The largest absolute Gasteiger partial charge is 0.493 e. The van der Waals surface area contributed by atoms with Crippen molar-refractivity contribution in [1.29, 1.82) is 0 Å². The maximum atomic E-state index is 12.4. The van der Waals surface area contributed by atoms with Gasteiger partial charge in [0.05, 0.1) is 21.3 Å². The summed E-state index contributed by atoms with van der Waals surface area (Å²) in [4.78, 5) is 14.2. The van der Waals surface area contributed by atoms with Crippen LogP contribution in [0.1, 0.15) is 16.8 Å². The molecule has 21 heavy (non-hydrogen) atoms. The monoisotopic (exact) mass is 316 g/mol. The lowest BCUT2D eigenvalue weighted by molar-refractivity contribution is 0.0790. The number of nitrogens with two attached hydrogens (primary N) is 1. The summed E-state index contributed by atoms with van der Waals surface area (Å²) >= 11 is 0. The minimum atomic E-state index is -0.0720. The molecule has 1 fully saturated rings. The van der Waals surface area contributed by atoms with E-state index in [0.717, 1.165) is 6.42 Å². The van der Waals surface area contributed by atoms with Crippen molar-refractivity contribution < 1.29 is 19.0 Å². The summed E-state index contributed by atoms with van der Waals surface area (Å²) in [7, 11) is 4.58. The molecule has 1 heterocycles. The minimum Gasteiger partial charge on any atom is -0.493 e. The highest BCUT2D eigenvalue weighted by Gasteiger charge is 2.26. The fourth-order valence-corrected chi connectivity index (χ4v) is 2.36. The third-order valence-electron chi connectivity index (χ3n) is 3.42. The number of hydrogen-bond donors (Lipinski definition) is 1. The van der Waals surface area contributed by atoms with Crippen LogP contribution in [0.2, 0.25) is 0 Å². The van der Waals surface area contributed by atoms with Gasteiger partial charge in [-0.1, -0.05) is 0 Å². The van der Waals surface area contributed by atoms with Crippen LogP contribution in [0.4, 0.5) is 0 Å². The van der Waals surface area contributed by atoms with Crippen LogP contribution < -0.4 is 19.9 Å². The van der Waals surface area contributed by atoms with Crippen molar-refractivity contribution in [3.8, 4) is 17.2 Å². The molecule has 0 saturated carbocycles. The highest BCUT2D eigenvalue weighted by Crippen LogP contribution is 2.38. The quantitative estimate of drug-likeness (QED) is 0.906. The summed E-state index contributed by atoms with van der Waals surface area (Å²) in [5.74, 6) is 1.35. The number of rotatable bonds is 4. The third kappa shape index (κ3) is 3.51. The number of benzene rings is 1. The van der Waals surface area contributed by atoms with Crippen molar-refractivity contribution in [2.45, 2.75) is 12.5 Å². The number of hydrogen-bond acceptors (Lipinski definition) is 5. The Morgan fingerprint density at radius 2 is 1.76 bits per heavy atom. The lowest BCUT2D eigenvalue weighted by Gasteiger charge is -2.18. The van der Waals surface area contributed by atoms with Crippen LogP contribution in [0.3, 0.4) is 0 Å². The van der Waals surface area contributed by atoms with Crippen LogP contribution in [-0.2, 0) is 0 Å². The summed E-state index contributed by atoms with van der Waals surface area (Å²) in [6, 6.07) is 3.38. The third-order valence-corrected chi connectivity index (χ3v) is 3.42. The average Bonchev–Trinajstić information content (AvgIpc) is 2.91. The van der Waals surface area contributed by atoms with E-state index < -0.39 is 0 Å². The Bertz CT molecular complexity index is 485. The van der Waals surface area contributed by atoms with E-state index in [1.54, 1.807) is 17.0 Å². The number of halogens is 1. The van der Waals surface area contributed by atoms with Gasteiger partial charge in [0.2, 0.25) is 5.75 Å². The molecule has 0 radical (unpaired) electrons. The van der Waals surface area contributed by atoms with Crippen molar-refractivity contribution in [3.63, 3.8) is 0 Å². The van der Waals surface area contributed by atoms with Crippen LogP contribution in [0.15, 0.2) is 12.1 Å². The van der Waals surface area contributed by atoms with E-state index in [9.17, 15) is 4.79 Å². The Kier molecular flexibility index (Phi) is 6.11. The first-order chi connectivity index (χ1) is 9.60. The maximum absolute atomic E-state index is 12.4. The van der Waals surface area contributed by atoms with E-state index >= 15 is 0 Å². The van der Waals surface area contributed by atoms with Crippen LogP contribution in [0.5, 0.6) is 17.2 Å². The zero-order chi connectivity index (χ0) is 14.7. The van der Waals surface area contributed by atoms with E-state index in [0.29, 0.717) is 35.9 Å². The number of amides is 1. The van der Waals surface area contributed by atoms with Gasteiger partial charge < -0.3 is 24.8 Å². The van der Waals surface area contributed by atoms with Crippen molar-refractivity contribution >= 4 is 18.3 Å². The molecule has 0 unspecified atom stereocenters. The van der Waals surface area contributed by atoms with Crippen LogP contribution >= 0.6 is 12.4 Å². The molecule has 1 aliphatic heterocycles. The second-order valence-corrected chi connectivity index (χ2v) is 4.71.